The Balaban J connectivity index is 1.22. The summed E-state index contributed by atoms with van der Waals surface area (Å²) in [6, 6.07) is 24.9. The number of primary amides is 1. The minimum absolute atomic E-state index is 0.00833. The summed E-state index contributed by atoms with van der Waals surface area (Å²) < 4.78 is 0. The van der Waals surface area contributed by atoms with Gasteiger partial charge in [-0.25, -0.2) is 0 Å². The molecule has 174 valence electrons. The molecule has 4 rings (SSSR count). The van der Waals surface area contributed by atoms with Crippen molar-refractivity contribution in [2.75, 3.05) is 26.2 Å². The number of Topliss-reactive ketones (excluding diaryl/α,β-unsaturated/α-hetero) is 1. The molecule has 0 saturated carbocycles. The van der Waals surface area contributed by atoms with E-state index in [-0.39, 0.29) is 24.5 Å². The van der Waals surface area contributed by atoms with Gasteiger partial charge >= 0.3 is 0 Å². The van der Waals surface area contributed by atoms with Crippen LogP contribution in [0.25, 0.3) is 11.1 Å². The molecule has 0 aliphatic carbocycles. The maximum Gasteiger partial charge on any atom is 0.248 e. The maximum absolute atomic E-state index is 12.7. The number of hydrogen-bond donors (Lipinski definition) is 1. The van der Waals surface area contributed by atoms with E-state index in [1.807, 2.05) is 71.6 Å². The number of rotatable bonds is 8. The van der Waals surface area contributed by atoms with E-state index in [9.17, 15) is 14.4 Å². The Kier molecular flexibility index (Phi) is 7.50. The first kappa shape index (κ1) is 23.4. The summed E-state index contributed by atoms with van der Waals surface area (Å²) in [4.78, 5) is 40.6. The smallest absolute Gasteiger partial charge is 0.248 e. The quantitative estimate of drug-likeness (QED) is 0.524. The molecule has 1 heterocycles. The number of hydrogen-bond acceptors (Lipinski definition) is 4. The largest absolute Gasteiger partial charge is 0.366 e. The summed E-state index contributed by atoms with van der Waals surface area (Å²) in [5.74, 6) is -0.410. The number of amides is 2. The van der Waals surface area contributed by atoms with Crippen molar-refractivity contribution in [3.63, 3.8) is 0 Å². The van der Waals surface area contributed by atoms with Gasteiger partial charge in [-0.1, -0.05) is 66.7 Å². The second-order valence-corrected chi connectivity index (χ2v) is 8.58. The van der Waals surface area contributed by atoms with E-state index in [4.69, 9.17) is 5.73 Å². The summed E-state index contributed by atoms with van der Waals surface area (Å²) in [5, 5.41) is 0. The van der Waals surface area contributed by atoms with Gasteiger partial charge in [-0.2, -0.15) is 0 Å². The van der Waals surface area contributed by atoms with Crippen LogP contribution >= 0.6 is 0 Å². The van der Waals surface area contributed by atoms with E-state index in [2.05, 4.69) is 4.90 Å². The van der Waals surface area contributed by atoms with Crippen LogP contribution in [0.4, 0.5) is 0 Å². The van der Waals surface area contributed by atoms with Gasteiger partial charge in [0.25, 0.3) is 0 Å². The molecule has 34 heavy (non-hydrogen) atoms. The molecule has 1 fully saturated rings. The SMILES string of the molecule is NC(=O)c1ccc(CN2CCN(C(=O)CCC(=O)c3ccc(-c4ccccc4)cc3)CC2)cc1. The van der Waals surface area contributed by atoms with Crippen molar-refractivity contribution in [3.8, 4) is 11.1 Å². The van der Waals surface area contributed by atoms with Crippen molar-refractivity contribution in [1.82, 2.24) is 9.80 Å². The van der Waals surface area contributed by atoms with Crippen LogP contribution in [0.15, 0.2) is 78.9 Å². The Labute approximate surface area is 200 Å². The third-order valence-corrected chi connectivity index (χ3v) is 6.25. The van der Waals surface area contributed by atoms with Gasteiger partial charge in [-0.15, -0.1) is 0 Å². The number of carbonyl (C=O) groups excluding carboxylic acids is 3. The van der Waals surface area contributed by atoms with Crippen LogP contribution in [0.2, 0.25) is 0 Å². The highest BCUT2D eigenvalue weighted by atomic mass is 16.2. The first-order chi connectivity index (χ1) is 16.5. The van der Waals surface area contributed by atoms with Gasteiger partial charge in [0, 0.05) is 56.7 Å². The van der Waals surface area contributed by atoms with Gasteiger partial charge in [0.15, 0.2) is 5.78 Å². The zero-order valence-corrected chi connectivity index (χ0v) is 19.2. The minimum Gasteiger partial charge on any atom is -0.366 e. The summed E-state index contributed by atoms with van der Waals surface area (Å²) >= 11 is 0. The molecular formula is C28H29N3O3. The summed E-state index contributed by atoms with van der Waals surface area (Å²) in [6.07, 6.45) is 0.448. The monoisotopic (exact) mass is 455 g/mol. The molecule has 6 nitrogen and oxygen atoms in total. The molecular weight excluding hydrogens is 426 g/mol. The molecule has 1 aliphatic rings. The van der Waals surface area contributed by atoms with Crippen molar-refractivity contribution in [1.29, 1.82) is 0 Å². The lowest BCUT2D eigenvalue weighted by Gasteiger charge is -2.34. The van der Waals surface area contributed by atoms with Crippen LogP contribution in [0.1, 0.15) is 39.1 Å². The molecule has 0 unspecified atom stereocenters. The minimum atomic E-state index is -0.429. The molecule has 2 N–H and O–H groups in total. The molecule has 0 aromatic heterocycles. The van der Waals surface area contributed by atoms with E-state index >= 15 is 0 Å². The lowest BCUT2D eigenvalue weighted by Crippen LogP contribution is -2.48. The number of nitrogens with two attached hydrogens (primary N) is 1. The van der Waals surface area contributed by atoms with Crippen molar-refractivity contribution < 1.29 is 14.4 Å². The fourth-order valence-corrected chi connectivity index (χ4v) is 4.19. The topological polar surface area (TPSA) is 83.7 Å². The fraction of sp³-hybridized carbons (Fsp3) is 0.250. The molecule has 3 aromatic carbocycles. The lowest BCUT2D eigenvalue weighted by atomic mass is 10.0. The van der Waals surface area contributed by atoms with Gasteiger partial charge in [0.2, 0.25) is 11.8 Å². The van der Waals surface area contributed by atoms with Crippen LogP contribution in [0.5, 0.6) is 0 Å². The second kappa shape index (κ2) is 10.9. The van der Waals surface area contributed by atoms with E-state index in [0.29, 0.717) is 24.2 Å². The van der Waals surface area contributed by atoms with Crippen LogP contribution in [0.3, 0.4) is 0 Å². The van der Waals surface area contributed by atoms with Crippen molar-refractivity contribution in [2.24, 2.45) is 5.73 Å². The lowest BCUT2D eigenvalue weighted by molar-refractivity contribution is -0.133. The zero-order valence-electron chi connectivity index (χ0n) is 19.2. The van der Waals surface area contributed by atoms with Crippen molar-refractivity contribution in [3.05, 3.63) is 95.6 Å². The highest BCUT2D eigenvalue weighted by molar-refractivity contribution is 5.98. The third-order valence-electron chi connectivity index (χ3n) is 6.25. The van der Waals surface area contributed by atoms with E-state index < -0.39 is 5.91 Å². The first-order valence-corrected chi connectivity index (χ1v) is 11.6. The molecule has 0 radical (unpaired) electrons. The predicted octanol–water partition coefficient (Wildman–Crippen LogP) is 3.76. The Hall–Kier alpha value is -3.77. The van der Waals surface area contributed by atoms with Gasteiger partial charge in [0.05, 0.1) is 0 Å². The first-order valence-electron chi connectivity index (χ1n) is 11.6. The number of benzene rings is 3. The van der Waals surface area contributed by atoms with Gasteiger partial charge in [0.1, 0.15) is 0 Å². The summed E-state index contributed by atoms with van der Waals surface area (Å²) in [7, 11) is 0. The maximum atomic E-state index is 12.7. The van der Waals surface area contributed by atoms with Gasteiger partial charge in [-0.05, 0) is 28.8 Å². The average molecular weight is 456 g/mol. The second-order valence-electron chi connectivity index (χ2n) is 8.58. The normalized spacial score (nSPS) is 14.1. The number of nitrogens with zero attached hydrogens (tertiary/aromatic N) is 2. The van der Waals surface area contributed by atoms with E-state index in [1.54, 1.807) is 12.1 Å². The molecule has 0 atom stereocenters. The van der Waals surface area contributed by atoms with Crippen molar-refractivity contribution in [2.45, 2.75) is 19.4 Å². The predicted molar refractivity (Wildman–Crippen MR) is 132 cm³/mol. The molecule has 1 saturated heterocycles. The highest BCUT2D eigenvalue weighted by Crippen LogP contribution is 2.20. The Bertz CT molecular complexity index is 1130. The molecule has 0 spiro atoms. The van der Waals surface area contributed by atoms with Crippen LogP contribution in [-0.2, 0) is 11.3 Å². The molecule has 1 aliphatic heterocycles. The average Bonchev–Trinajstić information content (AvgIpc) is 2.88. The highest BCUT2D eigenvalue weighted by Gasteiger charge is 2.22. The molecule has 6 heteroatoms. The summed E-state index contributed by atoms with van der Waals surface area (Å²) in [5.41, 5.74) is 9.71. The number of carbonyl (C=O) groups is 3. The molecule has 0 bridgehead atoms. The Morgan fingerprint density at radius 3 is 1.88 bits per heavy atom. The van der Waals surface area contributed by atoms with Crippen molar-refractivity contribution >= 4 is 17.6 Å². The summed E-state index contributed by atoms with van der Waals surface area (Å²) in [6.45, 7) is 3.62. The Morgan fingerprint density at radius 1 is 0.676 bits per heavy atom. The fourth-order valence-electron chi connectivity index (χ4n) is 4.19. The van der Waals surface area contributed by atoms with Gasteiger partial charge in [-0.3, -0.25) is 19.3 Å². The third kappa shape index (κ3) is 5.97. The van der Waals surface area contributed by atoms with Crippen LogP contribution < -0.4 is 5.73 Å². The standard InChI is InChI=1S/C28H29N3O3/c29-28(34)25-8-6-21(7-9-25)20-30-16-18-31(19-17-30)27(33)15-14-26(32)24-12-10-23(11-13-24)22-4-2-1-3-5-22/h1-13H,14-20H2,(H2,29,34). The van der Waals surface area contributed by atoms with Crippen LogP contribution in [-0.4, -0.2) is 53.6 Å². The number of ketones is 1. The number of piperazine rings is 1. The van der Waals surface area contributed by atoms with Crippen LogP contribution in [0, 0.1) is 0 Å². The zero-order chi connectivity index (χ0) is 23.9. The van der Waals surface area contributed by atoms with Gasteiger partial charge < -0.3 is 10.6 Å². The van der Waals surface area contributed by atoms with E-state index in [0.717, 1.165) is 36.3 Å². The van der Waals surface area contributed by atoms with E-state index in [1.165, 1.54) is 0 Å². The molecule has 2 amide bonds. The molecule has 3 aromatic rings. The Morgan fingerprint density at radius 2 is 1.26 bits per heavy atom.